The van der Waals surface area contributed by atoms with Crippen molar-refractivity contribution in [3.63, 3.8) is 0 Å². The van der Waals surface area contributed by atoms with E-state index >= 15 is 0 Å². The van der Waals surface area contributed by atoms with Gasteiger partial charge in [0.2, 0.25) is 0 Å². The highest BCUT2D eigenvalue weighted by Crippen LogP contribution is 2.10. The molecule has 0 aliphatic heterocycles. The largest absolute Gasteiger partial charge is 0.478 e. The van der Waals surface area contributed by atoms with E-state index in [1.165, 1.54) is 24.4 Å². The van der Waals surface area contributed by atoms with Gasteiger partial charge in [-0.1, -0.05) is 29.8 Å². The molecular weight excluding hydrogens is 292 g/mol. The Hall–Kier alpha value is -2.66. The van der Waals surface area contributed by atoms with Crippen LogP contribution in [0, 0.1) is 0 Å². The Balaban J connectivity index is 1.99. The smallest absolute Gasteiger partial charge is 0.335 e. The van der Waals surface area contributed by atoms with Crippen molar-refractivity contribution < 1.29 is 14.7 Å². The van der Waals surface area contributed by atoms with Crippen LogP contribution in [-0.2, 0) is 0 Å². The molecule has 6 heteroatoms. The van der Waals surface area contributed by atoms with E-state index < -0.39 is 5.97 Å². The predicted octanol–water partition coefficient (Wildman–Crippen LogP) is 2.80. The van der Waals surface area contributed by atoms with Crippen LogP contribution >= 0.6 is 11.6 Å². The molecule has 5 nitrogen and oxygen atoms in total. The zero-order valence-corrected chi connectivity index (χ0v) is 11.5. The molecule has 0 aliphatic carbocycles. The number of nitrogens with zero attached hydrogens (tertiary/aromatic N) is 1. The van der Waals surface area contributed by atoms with Gasteiger partial charge in [-0.25, -0.2) is 10.2 Å². The lowest BCUT2D eigenvalue weighted by atomic mass is 10.1. The first-order chi connectivity index (χ1) is 10.1. The van der Waals surface area contributed by atoms with Crippen LogP contribution in [0.15, 0.2) is 53.6 Å². The van der Waals surface area contributed by atoms with E-state index in [1.807, 2.05) is 0 Å². The van der Waals surface area contributed by atoms with Crippen LogP contribution in [0.3, 0.4) is 0 Å². The first-order valence-corrected chi connectivity index (χ1v) is 6.36. The molecule has 0 fully saturated rings. The lowest BCUT2D eigenvalue weighted by Gasteiger charge is -2.00. The summed E-state index contributed by atoms with van der Waals surface area (Å²) in [7, 11) is 0. The zero-order valence-electron chi connectivity index (χ0n) is 10.8. The Morgan fingerprint density at radius 2 is 1.81 bits per heavy atom. The second kappa shape index (κ2) is 6.67. The summed E-state index contributed by atoms with van der Waals surface area (Å²) in [4.78, 5) is 22.5. The molecule has 2 rings (SSSR count). The maximum absolute atomic E-state index is 11.8. The molecule has 0 radical (unpaired) electrons. The number of halogens is 1. The molecule has 2 N–H and O–H groups in total. The van der Waals surface area contributed by atoms with Gasteiger partial charge in [-0.3, -0.25) is 4.79 Å². The van der Waals surface area contributed by atoms with Gasteiger partial charge in [-0.15, -0.1) is 0 Å². The van der Waals surface area contributed by atoms with Crippen molar-refractivity contribution in [2.45, 2.75) is 0 Å². The number of carbonyl (C=O) groups is 2. The van der Waals surface area contributed by atoms with E-state index in [-0.39, 0.29) is 11.5 Å². The maximum atomic E-state index is 11.8. The number of hydrogen-bond donors (Lipinski definition) is 2. The second-order valence-corrected chi connectivity index (χ2v) is 4.57. The van der Waals surface area contributed by atoms with E-state index in [0.717, 1.165) is 0 Å². The van der Waals surface area contributed by atoms with Crippen molar-refractivity contribution >= 4 is 29.7 Å². The normalized spacial score (nSPS) is 10.5. The van der Waals surface area contributed by atoms with Crippen LogP contribution in [0.25, 0.3) is 0 Å². The number of amides is 1. The fourth-order valence-corrected chi connectivity index (χ4v) is 1.76. The minimum Gasteiger partial charge on any atom is -0.478 e. The second-order valence-electron chi connectivity index (χ2n) is 4.14. The molecule has 0 atom stereocenters. The number of rotatable bonds is 4. The summed E-state index contributed by atoms with van der Waals surface area (Å²) < 4.78 is 0. The molecular formula is C15H11ClN2O3. The molecule has 0 saturated carbocycles. The first-order valence-electron chi connectivity index (χ1n) is 5.98. The average molecular weight is 303 g/mol. The molecule has 0 spiro atoms. The molecule has 0 bridgehead atoms. The van der Waals surface area contributed by atoms with Crippen LogP contribution in [0.5, 0.6) is 0 Å². The van der Waals surface area contributed by atoms with Crippen molar-refractivity contribution in [1.29, 1.82) is 0 Å². The van der Waals surface area contributed by atoms with Crippen LogP contribution in [0.1, 0.15) is 26.3 Å². The summed E-state index contributed by atoms with van der Waals surface area (Å²) in [6.45, 7) is 0. The van der Waals surface area contributed by atoms with E-state index in [0.29, 0.717) is 16.1 Å². The first kappa shape index (κ1) is 14.7. The van der Waals surface area contributed by atoms with Gasteiger partial charge < -0.3 is 5.11 Å². The van der Waals surface area contributed by atoms with Crippen molar-refractivity contribution in [3.8, 4) is 0 Å². The van der Waals surface area contributed by atoms with Gasteiger partial charge in [-0.05, 0) is 35.9 Å². The Labute approximate surface area is 125 Å². The Kier molecular flexibility index (Phi) is 4.68. The van der Waals surface area contributed by atoms with Crippen LogP contribution < -0.4 is 5.43 Å². The van der Waals surface area contributed by atoms with Crippen LogP contribution in [0.4, 0.5) is 0 Å². The highest BCUT2D eigenvalue weighted by atomic mass is 35.5. The molecule has 0 aromatic heterocycles. The minimum atomic E-state index is -0.993. The lowest BCUT2D eigenvalue weighted by Crippen LogP contribution is -2.17. The number of hydrogen-bond acceptors (Lipinski definition) is 3. The quantitative estimate of drug-likeness (QED) is 0.673. The van der Waals surface area contributed by atoms with Gasteiger partial charge in [0, 0.05) is 10.6 Å². The molecule has 0 unspecified atom stereocenters. The summed E-state index contributed by atoms with van der Waals surface area (Å²) in [5, 5.41) is 13.0. The zero-order chi connectivity index (χ0) is 15.2. The van der Waals surface area contributed by atoms with Gasteiger partial charge in [0.05, 0.1) is 11.8 Å². The Morgan fingerprint density at radius 1 is 1.10 bits per heavy atom. The van der Waals surface area contributed by atoms with E-state index in [2.05, 4.69) is 10.5 Å². The average Bonchev–Trinajstić information content (AvgIpc) is 2.47. The lowest BCUT2D eigenvalue weighted by molar-refractivity contribution is 0.0696. The monoisotopic (exact) mass is 302 g/mol. The highest BCUT2D eigenvalue weighted by molar-refractivity contribution is 6.30. The van der Waals surface area contributed by atoms with Gasteiger partial charge in [0.1, 0.15) is 0 Å². The molecule has 2 aromatic carbocycles. The van der Waals surface area contributed by atoms with Gasteiger partial charge in [0.15, 0.2) is 0 Å². The third-order valence-electron chi connectivity index (χ3n) is 2.62. The molecule has 0 aliphatic rings. The molecule has 2 aromatic rings. The maximum Gasteiger partial charge on any atom is 0.335 e. The van der Waals surface area contributed by atoms with Gasteiger partial charge in [-0.2, -0.15) is 5.10 Å². The summed E-state index contributed by atoms with van der Waals surface area (Å²) in [5.74, 6) is -1.37. The summed E-state index contributed by atoms with van der Waals surface area (Å²) in [6.07, 6.45) is 1.42. The Morgan fingerprint density at radius 3 is 2.43 bits per heavy atom. The number of hydrazone groups is 1. The number of aromatic carboxylic acids is 1. The number of nitrogens with one attached hydrogen (secondary N) is 1. The molecule has 21 heavy (non-hydrogen) atoms. The number of carbonyl (C=O) groups excluding carboxylic acids is 1. The minimum absolute atomic E-state index is 0.190. The molecule has 0 saturated heterocycles. The van der Waals surface area contributed by atoms with Crippen molar-refractivity contribution in [2.24, 2.45) is 5.10 Å². The summed E-state index contributed by atoms with van der Waals surface area (Å²) in [6, 6.07) is 12.6. The third kappa shape index (κ3) is 4.15. The fraction of sp³-hybridized carbons (Fsp3) is 0. The van der Waals surface area contributed by atoms with Crippen molar-refractivity contribution in [3.05, 3.63) is 70.2 Å². The van der Waals surface area contributed by atoms with Crippen LogP contribution in [0.2, 0.25) is 5.02 Å². The predicted molar refractivity (Wildman–Crippen MR) is 79.9 cm³/mol. The van der Waals surface area contributed by atoms with Gasteiger partial charge in [0.25, 0.3) is 5.91 Å². The standard InChI is InChI=1S/C15H11ClN2O3/c16-13-3-1-2-12(8-13)14(19)18-17-9-10-4-6-11(7-5-10)15(20)21/h1-9H,(H,18,19)(H,20,21)/b17-9+. The van der Waals surface area contributed by atoms with Crippen molar-refractivity contribution in [2.75, 3.05) is 0 Å². The SMILES string of the molecule is O=C(O)c1ccc(/C=N/NC(=O)c2cccc(Cl)c2)cc1. The number of benzene rings is 2. The topological polar surface area (TPSA) is 78.8 Å². The van der Waals surface area contributed by atoms with E-state index in [9.17, 15) is 9.59 Å². The van der Waals surface area contributed by atoms with Gasteiger partial charge >= 0.3 is 5.97 Å². The summed E-state index contributed by atoms with van der Waals surface area (Å²) in [5.41, 5.74) is 3.63. The fourth-order valence-electron chi connectivity index (χ4n) is 1.57. The number of carboxylic acids is 1. The van der Waals surface area contributed by atoms with Crippen LogP contribution in [-0.4, -0.2) is 23.2 Å². The highest BCUT2D eigenvalue weighted by Gasteiger charge is 2.04. The molecule has 106 valence electrons. The molecule has 0 heterocycles. The molecule has 1 amide bonds. The van der Waals surface area contributed by atoms with E-state index in [4.69, 9.17) is 16.7 Å². The number of carboxylic acid groups (broad SMARTS) is 1. The third-order valence-corrected chi connectivity index (χ3v) is 2.86. The Bertz CT molecular complexity index is 696. The van der Waals surface area contributed by atoms with E-state index in [1.54, 1.807) is 30.3 Å². The summed E-state index contributed by atoms with van der Waals surface area (Å²) >= 11 is 5.79. The van der Waals surface area contributed by atoms with Crippen molar-refractivity contribution in [1.82, 2.24) is 5.43 Å².